The van der Waals surface area contributed by atoms with Crippen LogP contribution in [0.3, 0.4) is 0 Å². The Labute approximate surface area is 177 Å². The Hall–Kier alpha value is -1.99. The highest BCUT2D eigenvalue weighted by Gasteiger charge is 2.29. The molecule has 0 radical (unpaired) electrons. The van der Waals surface area contributed by atoms with Gasteiger partial charge < -0.3 is 16.0 Å². The summed E-state index contributed by atoms with van der Waals surface area (Å²) in [6.45, 7) is 2.72. The number of piperidine rings is 2. The van der Waals surface area contributed by atoms with Gasteiger partial charge in [0, 0.05) is 31.6 Å². The molecule has 2 saturated heterocycles. The summed E-state index contributed by atoms with van der Waals surface area (Å²) in [5.74, 6) is -0.684. The van der Waals surface area contributed by atoms with Gasteiger partial charge >= 0.3 is 0 Å². The number of nitrogens with zero attached hydrogens (tertiary/aromatic N) is 1. The van der Waals surface area contributed by atoms with Gasteiger partial charge in [0.2, 0.25) is 11.8 Å². The molecule has 1 unspecified atom stereocenters. The molecule has 0 spiro atoms. The molecule has 4 rings (SSSR count). The van der Waals surface area contributed by atoms with Crippen molar-refractivity contribution in [2.75, 3.05) is 24.5 Å². The quantitative estimate of drug-likeness (QED) is 0.642. The van der Waals surface area contributed by atoms with E-state index in [0.29, 0.717) is 42.1 Å². The van der Waals surface area contributed by atoms with Crippen LogP contribution in [0.4, 0.5) is 10.1 Å². The number of carbonyl (C=O) groups is 2. The highest BCUT2D eigenvalue weighted by atomic mass is 19.1. The zero-order valence-electron chi connectivity index (χ0n) is 17.5. The SMILES string of the molecule is NC1CCC(NCC2CCN(c3ccc(C4CCC(=O)NC4=O)cc3F)CC2)CC1. The van der Waals surface area contributed by atoms with Crippen molar-refractivity contribution in [3.8, 4) is 0 Å². The first-order chi connectivity index (χ1) is 14.5. The number of hydrogen-bond donors (Lipinski definition) is 3. The van der Waals surface area contributed by atoms with Crippen LogP contribution in [0.5, 0.6) is 0 Å². The van der Waals surface area contributed by atoms with Gasteiger partial charge in [0.15, 0.2) is 0 Å². The van der Waals surface area contributed by atoms with Crippen molar-refractivity contribution in [1.29, 1.82) is 0 Å². The Bertz CT molecular complexity index is 770. The third-order valence-electron chi connectivity index (χ3n) is 7.04. The Morgan fingerprint density at radius 1 is 1.07 bits per heavy atom. The Morgan fingerprint density at radius 3 is 2.47 bits per heavy atom. The van der Waals surface area contributed by atoms with Gasteiger partial charge in [0.1, 0.15) is 5.82 Å². The van der Waals surface area contributed by atoms with Crippen molar-refractivity contribution in [2.24, 2.45) is 11.7 Å². The van der Waals surface area contributed by atoms with E-state index in [0.717, 1.165) is 45.3 Å². The van der Waals surface area contributed by atoms with Crippen molar-refractivity contribution >= 4 is 17.5 Å². The largest absolute Gasteiger partial charge is 0.369 e. The molecule has 3 aliphatic rings. The third-order valence-corrected chi connectivity index (χ3v) is 7.04. The summed E-state index contributed by atoms with van der Waals surface area (Å²) in [6, 6.07) is 6.07. The van der Waals surface area contributed by atoms with Crippen LogP contribution < -0.4 is 21.3 Å². The van der Waals surface area contributed by atoms with Gasteiger partial charge in [0.05, 0.1) is 11.6 Å². The zero-order chi connectivity index (χ0) is 21.1. The van der Waals surface area contributed by atoms with Crippen LogP contribution in [0.1, 0.15) is 62.8 Å². The third kappa shape index (κ3) is 5.01. The van der Waals surface area contributed by atoms with Gasteiger partial charge in [-0.25, -0.2) is 4.39 Å². The maximum Gasteiger partial charge on any atom is 0.234 e. The van der Waals surface area contributed by atoms with Gasteiger partial charge in [-0.05, 0) is 75.1 Å². The van der Waals surface area contributed by atoms with E-state index in [-0.39, 0.29) is 17.6 Å². The second-order valence-electron chi connectivity index (χ2n) is 9.16. The molecule has 1 aliphatic carbocycles. The summed E-state index contributed by atoms with van der Waals surface area (Å²) in [5, 5.41) is 6.06. The normalized spacial score (nSPS) is 28.5. The highest BCUT2D eigenvalue weighted by Crippen LogP contribution is 2.31. The summed E-state index contributed by atoms with van der Waals surface area (Å²) >= 11 is 0. The van der Waals surface area contributed by atoms with Gasteiger partial charge in [-0.3, -0.25) is 14.9 Å². The molecule has 164 valence electrons. The first-order valence-corrected chi connectivity index (χ1v) is 11.4. The number of hydrogen-bond acceptors (Lipinski definition) is 5. The number of imide groups is 1. The smallest absolute Gasteiger partial charge is 0.234 e. The molecule has 7 heteroatoms. The number of benzene rings is 1. The van der Waals surface area contributed by atoms with E-state index in [9.17, 15) is 14.0 Å². The van der Waals surface area contributed by atoms with Crippen LogP contribution in [-0.2, 0) is 9.59 Å². The minimum atomic E-state index is -0.447. The van der Waals surface area contributed by atoms with Gasteiger partial charge in [-0.1, -0.05) is 6.07 Å². The number of halogens is 1. The molecular weight excluding hydrogens is 383 g/mol. The number of amides is 2. The fraction of sp³-hybridized carbons (Fsp3) is 0.652. The molecule has 6 nitrogen and oxygen atoms in total. The van der Waals surface area contributed by atoms with Crippen molar-refractivity contribution in [3.63, 3.8) is 0 Å². The molecule has 2 amide bonds. The average molecular weight is 417 g/mol. The molecule has 1 aromatic carbocycles. The van der Waals surface area contributed by atoms with E-state index in [1.165, 1.54) is 18.9 Å². The van der Waals surface area contributed by atoms with E-state index >= 15 is 0 Å². The predicted molar refractivity (Wildman–Crippen MR) is 115 cm³/mol. The first kappa shape index (κ1) is 21.2. The van der Waals surface area contributed by atoms with E-state index < -0.39 is 5.92 Å². The molecule has 3 fully saturated rings. The molecular formula is C23H33FN4O2. The lowest BCUT2D eigenvalue weighted by molar-refractivity contribution is -0.134. The van der Waals surface area contributed by atoms with E-state index in [1.54, 1.807) is 6.07 Å². The fourth-order valence-electron chi connectivity index (χ4n) is 5.04. The van der Waals surface area contributed by atoms with Crippen LogP contribution in [0.15, 0.2) is 18.2 Å². The lowest BCUT2D eigenvalue weighted by Crippen LogP contribution is -2.42. The zero-order valence-corrected chi connectivity index (χ0v) is 17.5. The molecule has 0 bridgehead atoms. The van der Waals surface area contributed by atoms with Gasteiger partial charge in [-0.15, -0.1) is 0 Å². The van der Waals surface area contributed by atoms with Gasteiger partial charge in [-0.2, -0.15) is 0 Å². The molecule has 0 aromatic heterocycles. The lowest BCUT2D eigenvalue weighted by Gasteiger charge is -2.35. The second-order valence-corrected chi connectivity index (χ2v) is 9.16. The van der Waals surface area contributed by atoms with E-state index in [1.807, 2.05) is 6.07 Å². The second kappa shape index (κ2) is 9.43. The molecule has 1 saturated carbocycles. The predicted octanol–water partition coefficient (Wildman–Crippen LogP) is 2.42. The van der Waals surface area contributed by atoms with Crippen LogP contribution in [-0.4, -0.2) is 43.5 Å². The lowest BCUT2D eigenvalue weighted by atomic mass is 9.89. The molecule has 2 aliphatic heterocycles. The summed E-state index contributed by atoms with van der Waals surface area (Å²) in [6.07, 6.45) is 7.41. The number of carbonyl (C=O) groups excluding carboxylic acids is 2. The summed E-state index contributed by atoms with van der Waals surface area (Å²) in [4.78, 5) is 25.5. The molecule has 1 aromatic rings. The minimum Gasteiger partial charge on any atom is -0.369 e. The first-order valence-electron chi connectivity index (χ1n) is 11.4. The number of nitrogens with two attached hydrogens (primary N) is 1. The summed E-state index contributed by atoms with van der Waals surface area (Å²) in [7, 11) is 0. The standard InChI is InChI=1S/C23H33FN4O2/c24-20-13-16(19-6-8-22(29)27-23(19)30)1-7-21(20)28-11-9-15(10-12-28)14-26-18-4-2-17(25)3-5-18/h1,7,13,15,17-19,26H,2-6,8-12,14,25H2,(H,27,29,30). The molecule has 1 atom stereocenters. The average Bonchev–Trinajstić information content (AvgIpc) is 2.74. The van der Waals surface area contributed by atoms with Crippen LogP contribution in [0.25, 0.3) is 0 Å². The monoisotopic (exact) mass is 416 g/mol. The maximum absolute atomic E-state index is 14.9. The fourth-order valence-corrected chi connectivity index (χ4v) is 5.04. The van der Waals surface area contributed by atoms with E-state index in [2.05, 4.69) is 15.5 Å². The van der Waals surface area contributed by atoms with Crippen LogP contribution in [0, 0.1) is 11.7 Å². The van der Waals surface area contributed by atoms with Crippen molar-refractivity contribution in [3.05, 3.63) is 29.6 Å². The number of anilines is 1. The summed E-state index contributed by atoms with van der Waals surface area (Å²) in [5.41, 5.74) is 7.24. The van der Waals surface area contributed by atoms with Crippen molar-refractivity contribution in [1.82, 2.24) is 10.6 Å². The Balaban J connectivity index is 1.28. The van der Waals surface area contributed by atoms with Gasteiger partial charge in [0.25, 0.3) is 0 Å². The topological polar surface area (TPSA) is 87.5 Å². The molecule has 2 heterocycles. The van der Waals surface area contributed by atoms with Crippen LogP contribution >= 0.6 is 0 Å². The summed E-state index contributed by atoms with van der Waals surface area (Å²) < 4.78 is 14.9. The van der Waals surface area contributed by atoms with Crippen molar-refractivity contribution in [2.45, 2.75) is 69.4 Å². The minimum absolute atomic E-state index is 0.252. The van der Waals surface area contributed by atoms with Crippen molar-refractivity contribution < 1.29 is 14.0 Å². The Kier molecular flexibility index (Phi) is 6.68. The van der Waals surface area contributed by atoms with Crippen LogP contribution in [0.2, 0.25) is 0 Å². The molecule has 30 heavy (non-hydrogen) atoms. The number of rotatable bonds is 5. The Morgan fingerprint density at radius 2 is 1.80 bits per heavy atom. The highest BCUT2D eigenvalue weighted by molar-refractivity contribution is 6.00. The number of nitrogens with one attached hydrogen (secondary N) is 2. The van der Waals surface area contributed by atoms with E-state index in [4.69, 9.17) is 5.73 Å². The molecule has 4 N–H and O–H groups in total. The maximum atomic E-state index is 14.9.